The highest BCUT2D eigenvalue weighted by Gasteiger charge is 2.25. The number of hydrogen-bond acceptors (Lipinski definition) is 5. The molecule has 0 spiro atoms. The Morgan fingerprint density at radius 1 is 1.45 bits per heavy atom. The molecule has 10 heteroatoms. The Balaban J connectivity index is 0.00000361. The largest absolute Gasteiger partial charge is 0.330 e. The van der Waals surface area contributed by atoms with Gasteiger partial charge in [-0.2, -0.15) is 0 Å². The van der Waals surface area contributed by atoms with Gasteiger partial charge in [0.25, 0.3) is 5.69 Å². The van der Waals surface area contributed by atoms with Gasteiger partial charge in [-0.05, 0) is 31.5 Å². The molecule has 0 aromatic heterocycles. The van der Waals surface area contributed by atoms with Gasteiger partial charge in [0.05, 0.1) is 4.92 Å². The van der Waals surface area contributed by atoms with Crippen molar-refractivity contribution in [2.24, 2.45) is 5.73 Å². The number of hydrogen-bond donors (Lipinski definition) is 2. The topological polar surface area (TPSA) is 115 Å². The summed E-state index contributed by atoms with van der Waals surface area (Å²) in [7, 11) is -3.88. The minimum absolute atomic E-state index is 0. The van der Waals surface area contributed by atoms with Crippen molar-refractivity contribution in [3.63, 3.8) is 0 Å². The van der Waals surface area contributed by atoms with Gasteiger partial charge >= 0.3 is 0 Å². The van der Waals surface area contributed by atoms with Crippen LogP contribution in [0.15, 0.2) is 17.0 Å². The van der Waals surface area contributed by atoms with Gasteiger partial charge in [-0.15, -0.1) is 12.4 Å². The summed E-state index contributed by atoms with van der Waals surface area (Å²) >= 11 is 5.79. The van der Waals surface area contributed by atoms with Crippen molar-refractivity contribution in [1.29, 1.82) is 0 Å². The highest BCUT2D eigenvalue weighted by Crippen LogP contribution is 2.32. The molecular formula is C10H15Cl2N3O4S. The molecule has 7 nitrogen and oxygen atoms in total. The number of nitro groups is 1. The number of aryl methyl sites for hydroxylation is 1. The fourth-order valence-electron chi connectivity index (χ4n) is 1.43. The first kappa shape index (κ1) is 19.1. The number of nitro benzene ring substituents is 1. The van der Waals surface area contributed by atoms with E-state index >= 15 is 0 Å². The molecule has 0 amide bonds. The van der Waals surface area contributed by atoms with Crippen LogP contribution in [0.25, 0.3) is 0 Å². The lowest BCUT2D eigenvalue weighted by Crippen LogP contribution is -2.26. The molecule has 0 saturated carbocycles. The van der Waals surface area contributed by atoms with Gasteiger partial charge in [-0.1, -0.05) is 11.6 Å². The molecule has 0 saturated heterocycles. The van der Waals surface area contributed by atoms with E-state index in [1.54, 1.807) is 6.92 Å². The summed E-state index contributed by atoms with van der Waals surface area (Å²) in [6.07, 6.45) is 0.463. The summed E-state index contributed by atoms with van der Waals surface area (Å²) < 4.78 is 26.3. The average Bonchev–Trinajstić information content (AvgIpc) is 2.31. The monoisotopic (exact) mass is 343 g/mol. The van der Waals surface area contributed by atoms with Gasteiger partial charge in [0.1, 0.15) is 9.92 Å². The second-order valence-corrected chi connectivity index (χ2v) is 6.01. The van der Waals surface area contributed by atoms with Crippen LogP contribution in [0.5, 0.6) is 0 Å². The van der Waals surface area contributed by atoms with E-state index in [2.05, 4.69) is 4.72 Å². The summed E-state index contributed by atoms with van der Waals surface area (Å²) in [5.74, 6) is 0. The molecule has 0 aliphatic heterocycles. The van der Waals surface area contributed by atoms with Crippen molar-refractivity contribution in [2.75, 3.05) is 13.1 Å². The van der Waals surface area contributed by atoms with E-state index in [0.717, 1.165) is 0 Å². The van der Waals surface area contributed by atoms with Crippen LogP contribution < -0.4 is 10.5 Å². The molecule has 20 heavy (non-hydrogen) atoms. The second-order valence-electron chi connectivity index (χ2n) is 3.89. The Kier molecular flexibility index (Phi) is 7.39. The van der Waals surface area contributed by atoms with Crippen molar-refractivity contribution in [1.82, 2.24) is 4.72 Å². The SMILES string of the molecule is Cc1cc([N+](=O)[O-])c(Cl)c(S(=O)(=O)NCCCN)c1.Cl. The number of nitrogens with zero attached hydrogens (tertiary/aromatic N) is 1. The lowest BCUT2D eigenvalue weighted by atomic mass is 10.2. The molecule has 0 bridgehead atoms. The van der Waals surface area contributed by atoms with E-state index in [9.17, 15) is 18.5 Å². The molecule has 114 valence electrons. The zero-order valence-corrected chi connectivity index (χ0v) is 13.0. The van der Waals surface area contributed by atoms with E-state index < -0.39 is 25.7 Å². The van der Waals surface area contributed by atoms with Crippen LogP contribution in [0.1, 0.15) is 12.0 Å². The number of halogens is 2. The van der Waals surface area contributed by atoms with Crippen molar-refractivity contribution >= 4 is 39.7 Å². The Morgan fingerprint density at radius 3 is 2.55 bits per heavy atom. The van der Waals surface area contributed by atoms with E-state index in [1.807, 2.05) is 0 Å². The average molecular weight is 344 g/mol. The fraction of sp³-hybridized carbons (Fsp3) is 0.400. The summed E-state index contributed by atoms with van der Waals surface area (Å²) in [5, 5.41) is 10.4. The number of nitrogens with two attached hydrogens (primary N) is 1. The molecule has 3 N–H and O–H groups in total. The molecule has 0 aliphatic carbocycles. The van der Waals surface area contributed by atoms with Gasteiger partial charge in [0.2, 0.25) is 10.0 Å². The van der Waals surface area contributed by atoms with Crippen molar-refractivity contribution < 1.29 is 13.3 Å². The van der Waals surface area contributed by atoms with E-state index in [0.29, 0.717) is 18.5 Å². The van der Waals surface area contributed by atoms with Crippen LogP contribution in [0.4, 0.5) is 5.69 Å². The van der Waals surface area contributed by atoms with E-state index in [-0.39, 0.29) is 23.8 Å². The van der Waals surface area contributed by atoms with Gasteiger partial charge < -0.3 is 5.73 Å². The zero-order valence-electron chi connectivity index (χ0n) is 10.6. The second kappa shape index (κ2) is 7.75. The van der Waals surface area contributed by atoms with Crippen molar-refractivity contribution in [3.05, 3.63) is 32.8 Å². The van der Waals surface area contributed by atoms with Crippen LogP contribution in [0.2, 0.25) is 5.02 Å². The van der Waals surface area contributed by atoms with Gasteiger partial charge in [0.15, 0.2) is 0 Å². The van der Waals surface area contributed by atoms with E-state index in [4.69, 9.17) is 17.3 Å². The van der Waals surface area contributed by atoms with Gasteiger partial charge in [-0.25, -0.2) is 13.1 Å². The minimum Gasteiger partial charge on any atom is -0.330 e. The van der Waals surface area contributed by atoms with Crippen LogP contribution in [-0.2, 0) is 10.0 Å². The Bertz CT molecular complexity index is 592. The summed E-state index contributed by atoms with van der Waals surface area (Å²) in [4.78, 5) is 9.80. The first-order valence-electron chi connectivity index (χ1n) is 5.44. The first-order chi connectivity index (χ1) is 8.79. The number of nitrogens with one attached hydrogen (secondary N) is 1. The van der Waals surface area contributed by atoms with Crippen molar-refractivity contribution in [3.8, 4) is 0 Å². The quantitative estimate of drug-likeness (QED) is 0.462. The Hall–Kier alpha value is -0.930. The predicted octanol–water partition coefficient (Wildman–Crippen LogP) is 1.61. The third kappa shape index (κ3) is 4.57. The lowest BCUT2D eigenvalue weighted by molar-refractivity contribution is -0.385. The number of benzene rings is 1. The minimum atomic E-state index is -3.88. The molecule has 0 fully saturated rings. The van der Waals surface area contributed by atoms with Gasteiger partial charge in [-0.3, -0.25) is 10.1 Å². The lowest BCUT2D eigenvalue weighted by Gasteiger charge is -2.09. The molecule has 0 aliphatic rings. The molecule has 0 unspecified atom stereocenters. The molecule has 1 rings (SSSR count). The molecule has 1 aromatic carbocycles. The number of sulfonamides is 1. The zero-order chi connectivity index (χ0) is 14.6. The molecule has 1 aromatic rings. The van der Waals surface area contributed by atoms with Crippen molar-refractivity contribution in [2.45, 2.75) is 18.2 Å². The maximum Gasteiger partial charge on any atom is 0.289 e. The highest BCUT2D eigenvalue weighted by molar-refractivity contribution is 7.89. The smallest absolute Gasteiger partial charge is 0.289 e. The third-order valence-corrected chi connectivity index (χ3v) is 4.32. The number of rotatable bonds is 6. The molecular weight excluding hydrogens is 329 g/mol. The third-order valence-electron chi connectivity index (χ3n) is 2.32. The summed E-state index contributed by atoms with van der Waals surface area (Å²) in [6, 6.07) is 2.52. The van der Waals surface area contributed by atoms with Crippen LogP contribution in [0.3, 0.4) is 0 Å². The molecule has 0 atom stereocenters. The fourth-order valence-corrected chi connectivity index (χ4v) is 3.16. The maximum atomic E-state index is 12.0. The van der Waals surface area contributed by atoms with Crippen LogP contribution >= 0.6 is 24.0 Å². The normalized spacial score (nSPS) is 10.9. The summed E-state index contributed by atoms with van der Waals surface area (Å²) in [6.45, 7) is 2.04. The van der Waals surface area contributed by atoms with E-state index in [1.165, 1.54) is 12.1 Å². The van der Waals surface area contributed by atoms with Crippen LogP contribution in [0, 0.1) is 17.0 Å². The Labute approximate surface area is 128 Å². The molecule has 0 heterocycles. The first-order valence-corrected chi connectivity index (χ1v) is 7.30. The highest BCUT2D eigenvalue weighted by atomic mass is 35.5. The van der Waals surface area contributed by atoms with Crippen LogP contribution in [-0.4, -0.2) is 26.4 Å². The Morgan fingerprint density at radius 2 is 2.05 bits per heavy atom. The predicted molar refractivity (Wildman–Crippen MR) is 79.0 cm³/mol. The molecule has 0 radical (unpaired) electrons. The summed E-state index contributed by atoms with van der Waals surface area (Å²) in [5.41, 5.74) is 5.27. The standard InChI is InChI=1S/C10H14ClN3O4S.ClH/c1-7-5-8(14(15)16)10(11)9(6-7)19(17,18)13-4-2-3-12;/h5-6,13H,2-4,12H2,1H3;1H. The van der Waals surface area contributed by atoms with Gasteiger partial charge in [0, 0.05) is 12.6 Å². The maximum absolute atomic E-state index is 12.0.